The highest BCUT2D eigenvalue weighted by Crippen LogP contribution is 2.21. The van der Waals surface area contributed by atoms with Crippen LogP contribution in [-0.4, -0.2) is 48.0 Å². The van der Waals surface area contributed by atoms with Gasteiger partial charge in [-0.25, -0.2) is 0 Å². The third-order valence-corrected chi connectivity index (χ3v) is 5.39. The summed E-state index contributed by atoms with van der Waals surface area (Å²) in [6.45, 7) is 4.95. The van der Waals surface area contributed by atoms with Crippen LogP contribution >= 0.6 is 15.9 Å². The van der Waals surface area contributed by atoms with E-state index in [9.17, 15) is 8.42 Å². The van der Waals surface area contributed by atoms with Gasteiger partial charge in [-0.05, 0) is 20.3 Å². The van der Waals surface area contributed by atoms with E-state index >= 15 is 0 Å². The SMILES string of the molecule is CC(C)N(C)S(=O)(=O)N1CCC(Br)C1. The van der Waals surface area contributed by atoms with Gasteiger partial charge in [0.05, 0.1) is 0 Å². The Bertz CT molecular complexity index is 292. The summed E-state index contributed by atoms with van der Waals surface area (Å²) in [6.07, 6.45) is 0.894. The molecule has 0 spiro atoms. The van der Waals surface area contributed by atoms with Gasteiger partial charge in [0.25, 0.3) is 10.2 Å². The van der Waals surface area contributed by atoms with E-state index in [0.717, 1.165) is 6.42 Å². The van der Waals surface area contributed by atoms with Gasteiger partial charge in [-0.2, -0.15) is 17.0 Å². The van der Waals surface area contributed by atoms with Crippen LogP contribution in [0.2, 0.25) is 0 Å². The van der Waals surface area contributed by atoms with Crippen LogP contribution in [0.1, 0.15) is 20.3 Å². The molecule has 0 aromatic rings. The standard InChI is InChI=1S/C8H17BrN2O2S/c1-7(2)10(3)14(12,13)11-5-4-8(9)6-11/h7-8H,4-6H2,1-3H3. The Labute approximate surface area is 94.6 Å². The smallest absolute Gasteiger partial charge is 0.195 e. The molecule has 0 aromatic carbocycles. The topological polar surface area (TPSA) is 40.6 Å². The third-order valence-electron chi connectivity index (χ3n) is 2.51. The molecule has 0 bridgehead atoms. The van der Waals surface area contributed by atoms with E-state index in [0.29, 0.717) is 17.9 Å². The third kappa shape index (κ3) is 2.48. The average Bonchev–Trinajstić information content (AvgIpc) is 2.50. The number of nitrogens with zero attached hydrogens (tertiary/aromatic N) is 2. The summed E-state index contributed by atoms with van der Waals surface area (Å²) in [5.41, 5.74) is 0. The van der Waals surface area contributed by atoms with Crippen LogP contribution in [0, 0.1) is 0 Å². The van der Waals surface area contributed by atoms with Gasteiger partial charge in [0, 0.05) is 31.0 Å². The highest BCUT2D eigenvalue weighted by Gasteiger charge is 2.33. The van der Waals surface area contributed by atoms with E-state index in [-0.39, 0.29) is 6.04 Å². The van der Waals surface area contributed by atoms with Crippen molar-refractivity contribution in [2.75, 3.05) is 20.1 Å². The first-order valence-electron chi connectivity index (χ1n) is 4.73. The fourth-order valence-electron chi connectivity index (χ4n) is 1.35. The van der Waals surface area contributed by atoms with Crippen LogP contribution < -0.4 is 0 Å². The van der Waals surface area contributed by atoms with Crippen LogP contribution in [-0.2, 0) is 10.2 Å². The largest absolute Gasteiger partial charge is 0.281 e. The van der Waals surface area contributed by atoms with Crippen molar-refractivity contribution >= 4 is 26.1 Å². The van der Waals surface area contributed by atoms with Gasteiger partial charge in [-0.1, -0.05) is 15.9 Å². The summed E-state index contributed by atoms with van der Waals surface area (Å²) in [4.78, 5) is 0.304. The monoisotopic (exact) mass is 284 g/mol. The molecule has 1 heterocycles. The minimum absolute atomic E-state index is 0.00868. The van der Waals surface area contributed by atoms with Crippen molar-refractivity contribution in [1.29, 1.82) is 0 Å². The molecule has 0 aliphatic carbocycles. The maximum absolute atomic E-state index is 12.0. The molecule has 6 heteroatoms. The van der Waals surface area contributed by atoms with Crippen molar-refractivity contribution in [3.63, 3.8) is 0 Å². The van der Waals surface area contributed by atoms with Crippen LogP contribution in [0.15, 0.2) is 0 Å². The average molecular weight is 285 g/mol. The Morgan fingerprint density at radius 3 is 2.43 bits per heavy atom. The molecule has 1 fully saturated rings. The molecule has 0 radical (unpaired) electrons. The van der Waals surface area contributed by atoms with E-state index in [4.69, 9.17) is 0 Å². The van der Waals surface area contributed by atoms with Gasteiger partial charge in [-0.3, -0.25) is 0 Å². The summed E-state index contributed by atoms with van der Waals surface area (Å²) in [6, 6.07) is 0.00868. The first-order chi connectivity index (χ1) is 6.35. The molecule has 1 aliphatic heterocycles. The Morgan fingerprint density at radius 1 is 1.50 bits per heavy atom. The molecular formula is C8H17BrN2O2S. The summed E-state index contributed by atoms with van der Waals surface area (Å²) in [5, 5.41) is 0. The number of hydrogen-bond acceptors (Lipinski definition) is 2. The number of alkyl halides is 1. The quantitative estimate of drug-likeness (QED) is 0.727. The molecule has 1 saturated heterocycles. The lowest BCUT2D eigenvalue weighted by Gasteiger charge is -2.26. The van der Waals surface area contributed by atoms with Crippen LogP contribution in [0.4, 0.5) is 0 Å². The second-order valence-electron chi connectivity index (χ2n) is 3.86. The highest BCUT2D eigenvalue weighted by molar-refractivity contribution is 9.09. The Balaban J connectivity index is 2.75. The van der Waals surface area contributed by atoms with E-state index in [1.54, 1.807) is 7.05 Å². The van der Waals surface area contributed by atoms with E-state index < -0.39 is 10.2 Å². The molecule has 14 heavy (non-hydrogen) atoms. The summed E-state index contributed by atoms with van der Waals surface area (Å²) in [7, 11) is -1.61. The molecule has 0 saturated carbocycles. The van der Waals surface area contributed by atoms with E-state index in [2.05, 4.69) is 15.9 Å². The Hall–Kier alpha value is 0.350. The summed E-state index contributed by atoms with van der Waals surface area (Å²) < 4.78 is 26.9. The van der Waals surface area contributed by atoms with Gasteiger partial charge >= 0.3 is 0 Å². The molecule has 0 aromatic heterocycles. The van der Waals surface area contributed by atoms with Crippen molar-refractivity contribution in [2.24, 2.45) is 0 Å². The van der Waals surface area contributed by atoms with Crippen molar-refractivity contribution in [1.82, 2.24) is 8.61 Å². The van der Waals surface area contributed by atoms with E-state index in [1.165, 1.54) is 8.61 Å². The van der Waals surface area contributed by atoms with Crippen LogP contribution in [0.25, 0.3) is 0 Å². The predicted octanol–water partition coefficient (Wildman–Crippen LogP) is 1.04. The molecule has 4 nitrogen and oxygen atoms in total. The fourth-order valence-corrected chi connectivity index (χ4v) is 3.69. The van der Waals surface area contributed by atoms with E-state index in [1.807, 2.05) is 13.8 Å². The summed E-state index contributed by atoms with van der Waals surface area (Å²) >= 11 is 3.43. The lowest BCUT2D eigenvalue weighted by atomic mass is 10.4. The molecule has 1 unspecified atom stereocenters. The van der Waals surface area contributed by atoms with Gasteiger partial charge in [-0.15, -0.1) is 0 Å². The molecule has 0 N–H and O–H groups in total. The van der Waals surface area contributed by atoms with Crippen molar-refractivity contribution < 1.29 is 8.42 Å². The Kier molecular flexibility index (Phi) is 3.96. The first-order valence-corrected chi connectivity index (χ1v) is 7.04. The molecule has 84 valence electrons. The Morgan fingerprint density at radius 2 is 2.07 bits per heavy atom. The number of rotatable bonds is 3. The number of halogens is 1. The van der Waals surface area contributed by atoms with Crippen LogP contribution in [0.3, 0.4) is 0 Å². The normalized spacial score (nSPS) is 25.1. The minimum atomic E-state index is -3.23. The fraction of sp³-hybridized carbons (Fsp3) is 1.00. The van der Waals surface area contributed by atoms with Crippen molar-refractivity contribution in [3.05, 3.63) is 0 Å². The molecule has 1 aliphatic rings. The maximum atomic E-state index is 12.0. The molecule has 0 amide bonds. The molecular weight excluding hydrogens is 268 g/mol. The zero-order valence-electron chi connectivity index (χ0n) is 8.77. The van der Waals surface area contributed by atoms with Gasteiger partial charge in [0.1, 0.15) is 0 Å². The zero-order valence-corrected chi connectivity index (χ0v) is 11.2. The van der Waals surface area contributed by atoms with Crippen molar-refractivity contribution in [2.45, 2.75) is 31.1 Å². The van der Waals surface area contributed by atoms with Gasteiger partial charge < -0.3 is 0 Å². The summed E-state index contributed by atoms with van der Waals surface area (Å²) in [5.74, 6) is 0. The molecule has 1 rings (SSSR count). The first kappa shape index (κ1) is 12.4. The zero-order chi connectivity index (χ0) is 10.9. The second kappa shape index (κ2) is 4.47. The highest BCUT2D eigenvalue weighted by atomic mass is 79.9. The number of hydrogen-bond donors (Lipinski definition) is 0. The van der Waals surface area contributed by atoms with Gasteiger partial charge in [0.15, 0.2) is 0 Å². The maximum Gasteiger partial charge on any atom is 0.281 e. The van der Waals surface area contributed by atoms with Crippen molar-refractivity contribution in [3.8, 4) is 0 Å². The lowest BCUT2D eigenvalue weighted by molar-refractivity contribution is 0.359. The van der Waals surface area contributed by atoms with Crippen LogP contribution in [0.5, 0.6) is 0 Å². The van der Waals surface area contributed by atoms with Gasteiger partial charge in [0.2, 0.25) is 0 Å². The second-order valence-corrected chi connectivity index (χ2v) is 7.14. The molecule has 1 atom stereocenters. The minimum Gasteiger partial charge on any atom is -0.195 e. The predicted molar refractivity (Wildman–Crippen MR) is 60.7 cm³/mol. The lowest BCUT2D eigenvalue weighted by Crippen LogP contribution is -2.43.